The molecular weight excluding hydrogens is 1070 g/mol. The SMILES string of the molecule is C=C(C)C(=O)Oc1ccc(-c2ccc(OCCOc3c(F)cc(-c4ccc(OC(=O)C(=C)C)cc4)cc3F)cc2)cc1.C=C(C)C(=O)Oc1ccc(-c2ccc(OCCOc3ccc(-c4ccc(OC(=O)C(=C)C)cc4)cc3F)cc2)cc1. The summed E-state index contributed by atoms with van der Waals surface area (Å²) >= 11 is 0. The van der Waals surface area contributed by atoms with Crippen LogP contribution in [0, 0.1) is 17.5 Å². The summed E-state index contributed by atoms with van der Waals surface area (Å²) in [4.78, 5) is 46.6. The number of rotatable bonds is 22. The van der Waals surface area contributed by atoms with Crippen molar-refractivity contribution in [1.82, 2.24) is 0 Å². The first-order chi connectivity index (χ1) is 39.8. The quantitative estimate of drug-likeness (QED) is 0.0276. The second-order valence-corrected chi connectivity index (χ2v) is 18.6. The van der Waals surface area contributed by atoms with Crippen molar-refractivity contribution in [2.75, 3.05) is 26.4 Å². The fourth-order valence-corrected chi connectivity index (χ4v) is 7.40. The van der Waals surface area contributed by atoms with Gasteiger partial charge in [-0.25, -0.2) is 32.3 Å². The zero-order chi connectivity index (χ0) is 59.6. The molecule has 0 saturated heterocycles. The molecule has 0 N–H and O–H groups in total. The van der Waals surface area contributed by atoms with E-state index in [4.69, 9.17) is 37.9 Å². The van der Waals surface area contributed by atoms with Crippen LogP contribution in [0.3, 0.4) is 0 Å². The van der Waals surface area contributed by atoms with E-state index in [0.29, 0.717) is 67.9 Å². The number of ether oxygens (including phenoxy) is 8. The summed E-state index contributed by atoms with van der Waals surface area (Å²) in [5.41, 5.74) is 7.22. The van der Waals surface area contributed by atoms with Gasteiger partial charge in [0, 0.05) is 22.3 Å². The Kier molecular flexibility index (Phi) is 20.8. The molecule has 0 heterocycles. The molecule has 422 valence electrons. The van der Waals surface area contributed by atoms with Crippen molar-refractivity contribution in [3.63, 3.8) is 0 Å². The summed E-state index contributed by atoms with van der Waals surface area (Å²) in [7, 11) is 0. The molecule has 0 fully saturated rings. The molecule has 12 nitrogen and oxygen atoms in total. The first kappa shape index (κ1) is 60.2. The number of carbonyl (C=O) groups excluding carboxylic acids is 4. The van der Waals surface area contributed by atoms with Crippen LogP contribution >= 0.6 is 0 Å². The molecule has 0 amide bonds. The smallest absolute Gasteiger partial charge is 0.338 e. The topological polar surface area (TPSA) is 142 Å². The molecule has 15 heteroatoms. The van der Waals surface area contributed by atoms with E-state index in [1.165, 1.54) is 37.3 Å². The molecule has 0 aliphatic heterocycles. The molecular formula is C68H57F3O12. The average Bonchev–Trinajstić information content (AvgIpc) is 3.50. The third-order valence-corrected chi connectivity index (χ3v) is 11.8. The standard InChI is InChI=1S/C34H28F2O6.C34H29FO6/c1-21(2)33(37)41-28-13-7-24(8-14-28)23-5-11-27(12-6-23)39-17-18-40-32-30(35)19-26(20-31(32)36)25-9-15-29(16-10-25)42-34(38)22(3)4;1-22(2)33(36)40-29-14-7-25(8-15-29)24-5-12-28(13-6-24)38-19-20-39-32-18-11-27(21-31(32)35)26-9-16-30(17-10-26)41-34(37)23(3)4/h5-16,19-20H,1,3,17-18H2,2,4H3;5-18,21H,1,3,19-20H2,2,4H3. The highest BCUT2D eigenvalue weighted by Crippen LogP contribution is 2.32. The number of esters is 4. The van der Waals surface area contributed by atoms with E-state index in [9.17, 15) is 32.3 Å². The first-order valence-corrected chi connectivity index (χ1v) is 25.7. The van der Waals surface area contributed by atoms with E-state index in [0.717, 1.165) is 27.8 Å². The van der Waals surface area contributed by atoms with Crippen molar-refractivity contribution in [2.45, 2.75) is 27.7 Å². The molecule has 0 saturated carbocycles. The zero-order valence-corrected chi connectivity index (χ0v) is 45.9. The second kappa shape index (κ2) is 28.6. The van der Waals surface area contributed by atoms with E-state index in [1.807, 2.05) is 60.7 Å². The van der Waals surface area contributed by atoms with Gasteiger partial charge in [-0.1, -0.05) is 105 Å². The lowest BCUT2D eigenvalue weighted by Gasteiger charge is -2.12. The summed E-state index contributed by atoms with van der Waals surface area (Å²) < 4.78 is 87.1. The van der Waals surface area contributed by atoms with Crippen LogP contribution in [0.4, 0.5) is 13.2 Å². The molecule has 8 aromatic rings. The Balaban J connectivity index is 0.000000239. The van der Waals surface area contributed by atoms with Crippen molar-refractivity contribution in [1.29, 1.82) is 0 Å². The van der Waals surface area contributed by atoms with Gasteiger partial charge in [-0.3, -0.25) is 0 Å². The van der Waals surface area contributed by atoms with Crippen molar-refractivity contribution in [3.05, 3.63) is 242 Å². The maximum atomic E-state index is 14.7. The number of benzene rings is 8. The van der Waals surface area contributed by atoms with Crippen molar-refractivity contribution >= 4 is 23.9 Å². The van der Waals surface area contributed by atoms with Gasteiger partial charge in [-0.2, -0.15) is 0 Å². The summed E-state index contributed by atoms with van der Waals surface area (Å²) in [6, 6.07) is 49.1. The predicted molar refractivity (Wildman–Crippen MR) is 311 cm³/mol. The predicted octanol–water partition coefficient (Wildman–Crippen LogP) is 15.3. The van der Waals surface area contributed by atoms with Crippen LogP contribution in [-0.2, 0) is 19.2 Å². The van der Waals surface area contributed by atoms with E-state index >= 15 is 0 Å². The van der Waals surface area contributed by atoms with Gasteiger partial charge < -0.3 is 37.9 Å². The zero-order valence-electron chi connectivity index (χ0n) is 45.9. The van der Waals surface area contributed by atoms with Crippen LogP contribution in [0.2, 0.25) is 0 Å². The lowest BCUT2D eigenvalue weighted by atomic mass is 10.0. The van der Waals surface area contributed by atoms with Crippen LogP contribution in [0.1, 0.15) is 27.7 Å². The highest BCUT2D eigenvalue weighted by atomic mass is 19.1. The van der Waals surface area contributed by atoms with Gasteiger partial charge in [0.25, 0.3) is 0 Å². The third kappa shape index (κ3) is 17.5. The Labute approximate surface area is 478 Å². The highest BCUT2D eigenvalue weighted by Gasteiger charge is 2.16. The van der Waals surface area contributed by atoms with E-state index in [2.05, 4.69) is 26.3 Å². The number of hydrogen-bond acceptors (Lipinski definition) is 12. The molecule has 83 heavy (non-hydrogen) atoms. The Hall–Kier alpha value is -10.4. The number of halogens is 3. The molecule has 0 radical (unpaired) electrons. The number of carbonyl (C=O) groups is 4. The minimum Gasteiger partial charge on any atom is -0.490 e. The van der Waals surface area contributed by atoms with Crippen LogP contribution in [-0.4, -0.2) is 50.3 Å². The summed E-state index contributed by atoms with van der Waals surface area (Å²) in [6.45, 7) is 20.9. The van der Waals surface area contributed by atoms with Crippen LogP contribution in [0.25, 0.3) is 44.5 Å². The monoisotopic (exact) mass is 1120 g/mol. The Morgan fingerprint density at radius 1 is 0.301 bits per heavy atom. The summed E-state index contributed by atoms with van der Waals surface area (Å²) in [5, 5.41) is 0. The van der Waals surface area contributed by atoms with E-state index in [1.54, 1.807) is 106 Å². The fourth-order valence-electron chi connectivity index (χ4n) is 7.40. The van der Waals surface area contributed by atoms with E-state index < -0.39 is 47.1 Å². The average molecular weight is 1120 g/mol. The van der Waals surface area contributed by atoms with Crippen molar-refractivity contribution in [2.24, 2.45) is 0 Å². The van der Waals surface area contributed by atoms with Gasteiger partial charge in [0.05, 0.1) is 0 Å². The molecule has 0 spiro atoms. The van der Waals surface area contributed by atoms with Gasteiger partial charge in [0.2, 0.25) is 0 Å². The largest absolute Gasteiger partial charge is 0.490 e. The van der Waals surface area contributed by atoms with Gasteiger partial charge in [-0.05, 0) is 169 Å². The fraction of sp³-hybridized carbons (Fsp3) is 0.118. The van der Waals surface area contributed by atoms with Gasteiger partial charge in [0.15, 0.2) is 29.0 Å². The minimum absolute atomic E-state index is 0.0626. The highest BCUT2D eigenvalue weighted by molar-refractivity contribution is 5.90. The van der Waals surface area contributed by atoms with E-state index in [-0.39, 0.29) is 37.8 Å². The Morgan fingerprint density at radius 3 is 0.843 bits per heavy atom. The van der Waals surface area contributed by atoms with Crippen molar-refractivity contribution < 1.29 is 70.2 Å². The third-order valence-electron chi connectivity index (χ3n) is 11.8. The Morgan fingerprint density at radius 2 is 0.542 bits per heavy atom. The van der Waals surface area contributed by atoms with Gasteiger partial charge >= 0.3 is 23.9 Å². The van der Waals surface area contributed by atoms with Crippen LogP contribution in [0.5, 0.6) is 46.0 Å². The second-order valence-electron chi connectivity index (χ2n) is 18.6. The van der Waals surface area contributed by atoms with Gasteiger partial charge in [-0.15, -0.1) is 0 Å². The maximum absolute atomic E-state index is 14.7. The molecule has 0 atom stereocenters. The molecule has 0 aliphatic rings. The molecule has 8 aromatic carbocycles. The lowest BCUT2D eigenvalue weighted by molar-refractivity contribution is -0.130. The van der Waals surface area contributed by atoms with Crippen LogP contribution in [0.15, 0.2) is 225 Å². The normalized spacial score (nSPS) is 10.4. The molecule has 8 rings (SSSR count). The summed E-state index contributed by atoms with van der Waals surface area (Å²) in [5.74, 6) is -1.83. The van der Waals surface area contributed by atoms with Crippen LogP contribution < -0.4 is 37.9 Å². The summed E-state index contributed by atoms with van der Waals surface area (Å²) in [6.07, 6.45) is 0. The molecule has 0 aliphatic carbocycles. The minimum atomic E-state index is -0.854. The van der Waals surface area contributed by atoms with Gasteiger partial charge in [0.1, 0.15) is 60.9 Å². The molecule has 0 unspecified atom stereocenters. The Bertz CT molecular complexity index is 3630. The molecule has 0 bridgehead atoms. The lowest BCUT2D eigenvalue weighted by Crippen LogP contribution is -2.10. The van der Waals surface area contributed by atoms with Crippen molar-refractivity contribution in [3.8, 4) is 90.5 Å². The molecule has 0 aromatic heterocycles. The maximum Gasteiger partial charge on any atom is 0.338 e. The first-order valence-electron chi connectivity index (χ1n) is 25.7. The number of hydrogen-bond donors (Lipinski definition) is 0.